The van der Waals surface area contributed by atoms with Crippen molar-refractivity contribution in [3.8, 4) is 11.1 Å². The lowest BCUT2D eigenvalue weighted by Crippen LogP contribution is -1.99. The fourth-order valence-corrected chi connectivity index (χ4v) is 2.43. The summed E-state index contributed by atoms with van der Waals surface area (Å²) in [7, 11) is 0. The Balaban J connectivity index is 1.96. The third-order valence-corrected chi connectivity index (χ3v) is 3.52. The van der Waals surface area contributed by atoms with Gasteiger partial charge in [0.15, 0.2) is 0 Å². The number of carbonyl (C=O) groups is 1. The zero-order chi connectivity index (χ0) is 17.1. The molecular weight excluding hydrogens is 304 g/mol. The largest absolute Gasteiger partial charge is 0.478 e. The third kappa shape index (κ3) is 3.17. The number of benzene rings is 2. The average Bonchev–Trinajstić information content (AvgIpc) is 2.90. The second-order valence-electron chi connectivity index (χ2n) is 5.31. The summed E-state index contributed by atoms with van der Waals surface area (Å²) < 4.78 is 1.49. The molecule has 24 heavy (non-hydrogen) atoms. The smallest absolute Gasteiger partial charge is 0.336 e. The molecule has 3 N–H and O–H groups in total. The Kier molecular flexibility index (Phi) is 4.11. The van der Waals surface area contributed by atoms with Crippen LogP contribution >= 0.6 is 0 Å². The Labute approximate surface area is 138 Å². The van der Waals surface area contributed by atoms with Crippen LogP contribution in [0.15, 0.2) is 59.8 Å². The van der Waals surface area contributed by atoms with E-state index < -0.39 is 5.97 Å². The van der Waals surface area contributed by atoms with E-state index in [0.717, 1.165) is 16.8 Å². The minimum Gasteiger partial charge on any atom is -0.478 e. The zero-order valence-corrected chi connectivity index (χ0v) is 13.0. The van der Waals surface area contributed by atoms with E-state index in [9.17, 15) is 9.90 Å². The molecule has 0 aliphatic rings. The number of carboxylic acids is 1. The maximum Gasteiger partial charge on any atom is 0.336 e. The highest BCUT2D eigenvalue weighted by atomic mass is 16.4. The van der Waals surface area contributed by atoms with Crippen LogP contribution in [0.1, 0.15) is 21.6 Å². The first-order valence-corrected chi connectivity index (χ1v) is 7.33. The Bertz CT molecular complexity index is 928. The van der Waals surface area contributed by atoms with Crippen molar-refractivity contribution in [2.24, 2.45) is 5.10 Å². The summed E-state index contributed by atoms with van der Waals surface area (Å²) in [6.07, 6.45) is 3.39. The minimum absolute atomic E-state index is 0.265. The van der Waals surface area contributed by atoms with Gasteiger partial charge in [-0.05, 0) is 35.7 Å². The number of hydrogen-bond acceptors (Lipinski definition) is 4. The molecule has 3 rings (SSSR count). The molecule has 6 nitrogen and oxygen atoms in total. The summed E-state index contributed by atoms with van der Waals surface area (Å²) in [5.74, 6) is -0.637. The van der Waals surface area contributed by atoms with E-state index in [0.29, 0.717) is 11.5 Å². The standard InChI is InChI=1S/C18H16N4O2/c1-12-11-22(18(19)21-12)20-10-13-5-4-6-14(9-13)15-7-2-3-8-16(15)17(23)24/h2-11H,1H3,(H2,19,21)(H,23,24). The van der Waals surface area contributed by atoms with Crippen molar-refractivity contribution in [2.45, 2.75) is 6.92 Å². The molecule has 0 radical (unpaired) electrons. The second-order valence-corrected chi connectivity index (χ2v) is 5.31. The third-order valence-electron chi connectivity index (χ3n) is 3.52. The molecule has 3 aromatic rings. The van der Waals surface area contributed by atoms with Crippen LogP contribution in [-0.4, -0.2) is 27.0 Å². The van der Waals surface area contributed by atoms with Crippen LogP contribution in [0.4, 0.5) is 5.95 Å². The lowest BCUT2D eigenvalue weighted by Gasteiger charge is -2.06. The number of hydrogen-bond donors (Lipinski definition) is 2. The van der Waals surface area contributed by atoms with E-state index >= 15 is 0 Å². The summed E-state index contributed by atoms with van der Waals surface area (Å²) in [6.45, 7) is 1.84. The molecule has 1 heterocycles. The molecule has 0 atom stereocenters. The molecule has 0 amide bonds. The van der Waals surface area contributed by atoms with Crippen LogP contribution in [-0.2, 0) is 0 Å². The molecule has 2 aromatic carbocycles. The van der Waals surface area contributed by atoms with Gasteiger partial charge in [0.25, 0.3) is 0 Å². The van der Waals surface area contributed by atoms with Crippen molar-refractivity contribution in [2.75, 3.05) is 5.73 Å². The molecule has 0 aliphatic carbocycles. The number of aryl methyl sites for hydroxylation is 1. The quantitative estimate of drug-likeness (QED) is 0.723. The molecule has 0 spiro atoms. The van der Waals surface area contributed by atoms with Gasteiger partial charge in [-0.15, -0.1) is 0 Å². The zero-order valence-electron chi connectivity index (χ0n) is 13.0. The van der Waals surface area contributed by atoms with Crippen molar-refractivity contribution >= 4 is 18.1 Å². The van der Waals surface area contributed by atoms with Gasteiger partial charge in [-0.3, -0.25) is 0 Å². The van der Waals surface area contributed by atoms with Gasteiger partial charge in [0.2, 0.25) is 5.95 Å². The van der Waals surface area contributed by atoms with E-state index in [2.05, 4.69) is 10.1 Å². The van der Waals surface area contributed by atoms with Crippen LogP contribution < -0.4 is 5.73 Å². The Morgan fingerprint density at radius 1 is 1.25 bits per heavy atom. The number of aromatic carboxylic acids is 1. The Morgan fingerprint density at radius 2 is 2.04 bits per heavy atom. The molecule has 120 valence electrons. The highest BCUT2D eigenvalue weighted by Gasteiger charge is 2.10. The van der Waals surface area contributed by atoms with Crippen LogP contribution in [0.5, 0.6) is 0 Å². The van der Waals surface area contributed by atoms with Crippen molar-refractivity contribution in [3.63, 3.8) is 0 Å². The first kappa shape index (κ1) is 15.5. The predicted octanol–water partition coefficient (Wildman–Crippen LogP) is 3.02. The fourth-order valence-electron chi connectivity index (χ4n) is 2.43. The summed E-state index contributed by atoms with van der Waals surface area (Å²) in [5.41, 5.74) is 9.11. The van der Waals surface area contributed by atoms with E-state index in [4.69, 9.17) is 5.73 Å². The minimum atomic E-state index is -0.952. The van der Waals surface area contributed by atoms with Crippen molar-refractivity contribution in [3.05, 3.63) is 71.5 Å². The number of carboxylic acid groups (broad SMARTS) is 1. The highest BCUT2D eigenvalue weighted by molar-refractivity contribution is 5.96. The van der Waals surface area contributed by atoms with Crippen molar-refractivity contribution in [1.82, 2.24) is 9.66 Å². The van der Waals surface area contributed by atoms with E-state index in [-0.39, 0.29) is 5.56 Å². The maximum absolute atomic E-state index is 11.4. The lowest BCUT2D eigenvalue weighted by atomic mass is 9.98. The van der Waals surface area contributed by atoms with Gasteiger partial charge in [-0.1, -0.05) is 36.4 Å². The molecule has 0 saturated carbocycles. The molecule has 0 aliphatic heterocycles. The molecule has 0 unspecified atom stereocenters. The van der Waals surface area contributed by atoms with Crippen molar-refractivity contribution in [1.29, 1.82) is 0 Å². The predicted molar refractivity (Wildman–Crippen MR) is 93.2 cm³/mol. The topological polar surface area (TPSA) is 93.5 Å². The lowest BCUT2D eigenvalue weighted by molar-refractivity contribution is 0.0697. The van der Waals surface area contributed by atoms with E-state index in [1.54, 1.807) is 30.6 Å². The van der Waals surface area contributed by atoms with Gasteiger partial charge in [-0.25, -0.2) is 14.5 Å². The van der Waals surface area contributed by atoms with Crippen LogP contribution in [0.25, 0.3) is 11.1 Å². The van der Waals surface area contributed by atoms with Crippen LogP contribution in [0.2, 0.25) is 0 Å². The van der Waals surface area contributed by atoms with E-state index in [1.165, 1.54) is 4.68 Å². The van der Waals surface area contributed by atoms with Gasteiger partial charge in [0, 0.05) is 0 Å². The first-order chi connectivity index (χ1) is 11.5. The first-order valence-electron chi connectivity index (χ1n) is 7.33. The Morgan fingerprint density at radius 3 is 2.75 bits per heavy atom. The monoisotopic (exact) mass is 320 g/mol. The summed E-state index contributed by atoms with van der Waals surface area (Å²) in [5, 5.41) is 13.6. The summed E-state index contributed by atoms with van der Waals surface area (Å²) >= 11 is 0. The summed E-state index contributed by atoms with van der Waals surface area (Å²) in [6, 6.07) is 14.4. The number of imidazole rings is 1. The number of nitrogens with two attached hydrogens (primary N) is 1. The molecule has 0 fully saturated rings. The number of aromatic nitrogens is 2. The number of rotatable bonds is 4. The Hall–Kier alpha value is -3.41. The van der Waals surface area contributed by atoms with Gasteiger partial charge in [0.1, 0.15) is 0 Å². The van der Waals surface area contributed by atoms with Crippen LogP contribution in [0.3, 0.4) is 0 Å². The molecule has 0 saturated heterocycles. The summed E-state index contributed by atoms with van der Waals surface area (Å²) in [4.78, 5) is 15.5. The van der Waals surface area contributed by atoms with Crippen molar-refractivity contribution < 1.29 is 9.90 Å². The number of nitrogens with zero attached hydrogens (tertiary/aromatic N) is 3. The highest BCUT2D eigenvalue weighted by Crippen LogP contribution is 2.24. The van der Waals surface area contributed by atoms with Gasteiger partial charge in [-0.2, -0.15) is 5.10 Å². The van der Waals surface area contributed by atoms with E-state index in [1.807, 2.05) is 37.3 Å². The number of anilines is 1. The molecule has 1 aromatic heterocycles. The maximum atomic E-state index is 11.4. The SMILES string of the molecule is Cc1cn(N=Cc2cccc(-c3ccccc3C(=O)O)c2)c(N)n1. The molecule has 0 bridgehead atoms. The van der Waals surface area contributed by atoms with Gasteiger partial charge >= 0.3 is 5.97 Å². The fraction of sp³-hybridized carbons (Fsp3) is 0.0556. The molecule has 6 heteroatoms. The molecular formula is C18H16N4O2. The average molecular weight is 320 g/mol. The van der Waals surface area contributed by atoms with Crippen LogP contribution in [0, 0.1) is 6.92 Å². The van der Waals surface area contributed by atoms with Gasteiger partial charge in [0.05, 0.1) is 23.7 Å². The van der Waals surface area contributed by atoms with Gasteiger partial charge < -0.3 is 10.8 Å². The second kappa shape index (κ2) is 6.37. The number of nitrogen functional groups attached to an aromatic ring is 1. The normalized spacial score (nSPS) is 11.0.